The number of thiophene rings is 1. The molecule has 1 aromatic rings. The van der Waals surface area contributed by atoms with Gasteiger partial charge in [0.15, 0.2) is 0 Å². The molecule has 114 valence electrons. The molecule has 0 aromatic carbocycles. The van der Waals surface area contributed by atoms with Gasteiger partial charge in [-0.25, -0.2) is 0 Å². The van der Waals surface area contributed by atoms with Crippen molar-refractivity contribution in [3.8, 4) is 0 Å². The van der Waals surface area contributed by atoms with Crippen molar-refractivity contribution in [1.82, 2.24) is 15.1 Å². The maximum Gasteiger partial charge on any atom is 0.236 e. The number of nitrogens with one attached hydrogen (secondary N) is 1. The molecule has 1 aliphatic heterocycles. The van der Waals surface area contributed by atoms with E-state index in [1.807, 2.05) is 25.1 Å². The molecule has 1 aliphatic rings. The predicted octanol–water partition coefficient (Wildman–Crippen LogP) is 1.81. The lowest BCUT2D eigenvalue weighted by atomic mass is 10.1. The molecule has 6 heteroatoms. The molecule has 1 aromatic heterocycles. The maximum atomic E-state index is 12.2. The first-order valence-corrected chi connectivity index (χ1v) is 7.73. The molecule has 0 unspecified atom stereocenters. The minimum atomic E-state index is 0. The molecule has 20 heavy (non-hydrogen) atoms. The van der Waals surface area contributed by atoms with Crippen molar-refractivity contribution in [2.75, 3.05) is 33.7 Å². The molecule has 2 rings (SSSR count). The lowest BCUT2D eigenvalue weighted by molar-refractivity contribution is -0.131. The highest BCUT2D eigenvalue weighted by molar-refractivity contribution is 7.09. The Morgan fingerprint density at radius 1 is 1.50 bits per heavy atom. The van der Waals surface area contributed by atoms with Crippen molar-refractivity contribution in [3.63, 3.8) is 0 Å². The van der Waals surface area contributed by atoms with Crippen molar-refractivity contribution in [2.45, 2.75) is 25.4 Å². The zero-order valence-electron chi connectivity index (χ0n) is 12.2. The van der Waals surface area contributed by atoms with Crippen LogP contribution in [0.25, 0.3) is 0 Å². The monoisotopic (exact) mass is 317 g/mol. The standard InChI is InChI=1S/C14H23N3OS.ClH/c1-15-12-5-7-17(8-6-12)11-14(18)16(2)10-13-4-3-9-19-13;/h3-4,9,12,15H,5-8,10-11H2,1-2H3;1H. The van der Waals surface area contributed by atoms with Crippen molar-refractivity contribution in [1.29, 1.82) is 0 Å². The summed E-state index contributed by atoms with van der Waals surface area (Å²) in [5.41, 5.74) is 0. The third-order valence-corrected chi connectivity index (χ3v) is 4.61. The van der Waals surface area contributed by atoms with Gasteiger partial charge in [0, 0.05) is 31.1 Å². The first-order valence-electron chi connectivity index (χ1n) is 6.85. The fourth-order valence-corrected chi connectivity index (χ4v) is 3.17. The molecule has 0 saturated carbocycles. The van der Waals surface area contributed by atoms with Gasteiger partial charge in [0.25, 0.3) is 0 Å². The second-order valence-corrected chi connectivity index (χ2v) is 6.20. The average Bonchev–Trinajstić information content (AvgIpc) is 2.92. The second-order valence-electron chi connectivity index (χ2n) is 5.17. The van der Waals surface area contributed by atoms with Gasteiger partial charge in [0.1, 0.15) is 0 Å². The largest absolute Gasteiger partial charge is 0.340 e. The first kappa shape index (κ1) is 17.4. The number of carbonyl (C=O) groups is 1. The lowest BCUT2D eigenvalue weighted by Crippen LogP contribution is -2.45. The van der Waals surface area contributed by atoms with Crippen molar-refractivity contribution < 1.29 is 4.79 Å². The number of likely N-dealkylation sites (N-methyl/N-ethyl adjacent to an activating group) is 1. The molecule has 4 nitrogen and oxygen atoms in total. The van der Waals surface area contributed by atoms with Crippen LogP contribution in [0.3, 0.4) is 0 Å². The van der Waals surface area contributed by atoms with Crippen LogP contribution in [0.5, 0.6) is 0 Å². The van der Waals surface area contributed by atoms with E-state index in [0.29, 0.717) is 12.6 Å². The van der Waals surface area contributed by atoms with E-state index in [2.05, 4.69) is 21.7 Å². The summed E-state index contributed by atoms with van der Waals surface area (Å²) in [5.74, 6) is 0.219. The Kier molecular flexibility index (Phi) is 7.51. The number of hydrogen-bond donors (Lipinski definition) is 1. The minimum absolute atomic E-state index is 0. The molecule has 1 saturated heterocycles. The number of rotatable bonds is 5. The van der Waals surface area contributed by atoms with E-state index < -0.39 is 0 Å². The van der Waals surface area contributed by atoms with Gasteiger partial charge in [-0.1, -0.05) is 6.07 Å². The lowest BCUT2D eigenvalue weighted by Gasteiger charge is -2.32. The summed E-state index contributed by atoms with van der Waals surface area (Å²) in [7, 11) is 3.91. The summed E-state index contributed by atoms with van der Waals surface area (Å²) in [6.45, 7) is 3.32. The van der Waals surface area contributed by atoms with E-state index in [4.69, 9.17) is 0 Å². The van der Waals surface area contributed by atoms with Crippen LogP contribution in [0.15, 0.2) is 17.5 Å². The highest BCUT2D eigenvalue weighted by Crippen LogP contribution is 2.12. The summed E-state index contributed by atoms with van der Waals surface area (Å²) < 4.78 is 0. The first-order chi connectivity index (χ1) is 9.19. The Morgan fingerprint density at radius 3 is 2.75 bits per heavy atom. The third kappa shape index (κ3) is 5.05. The van der Waals surface area contributed by atoms with E-state index in [1.54, 1.807) is 11.3 Å². The summed E-state index contributed by atoms with van der Waals surface area (Å²) in [4.78, 5) is 17.5. The molecule has 0 bridgehead atoms. The summed E-state index contributed by atoms with van der Waals surface area (Å²) in [5, 5.41) is 5.36. The number of nitrogens with zero attached hydrogens (tertiary/aromatic N) is 2. The fourth-order valence-electron chi connectivity index (χ4n) is 2.42. The van der Waals surface area contributed by atoms with Crippen molar-refractivity contribution in [2.24, 2.45) is 0 Å². The Hall–Kier alpha value is -0.620. The normalized spacial score (nSPS) is 16.7. The third-order valence-electron chi connectivity index (χ3n) is 3.75. The molecule has 0 aliphatic carbocycles. The number of amides is 1. The highest BCUT2D eigenvalue weighted by Gasteiger charge is 2.21. The maximum absolute atomic E-state index is 12.2. The van der Waals surface area contributed by atoms with Gasteiger partial charge < -0.3 is 10.2 Å². The Labute approximate surface area is 131 Å². The molecule has 0 atom stereocenters. The number of halogens is 1. The van der Waals surface area contributed by atoms with Crippen LogP contribution in [-0.4, -0.2) is 55.5 Å². The van der Waals surface area contributed by atoms with Gasteiger partial charge in [-0.05, 0) is 31.3 Å². The van der Waals surface area contributed by atoms with Gasteiger partial charge in [-0.3, -0.25) is 9.69 Å². The van der Waals surface area contributed by atoms with Crippen LogP contribution in [0.4, 0.5) is 0 Å². The quantitative estimate of drug-likeness (QED) is 0.899. The van der Waals surface area contributed by atoms with Crippen LogP contribution < -0.4 is 5.32 Å². The Morgan fingerprint density at radius 2 is 2.20 bits per heavy atom. The highest BCUT2D eigenvalue weighted by atomic mass is 35.5. The Bertz CT molecular complexity index is 391. The fraction of sp³-hybridized carbons (Fsp3) is 0.643. The van der Waals surface area contributed by atoms with E-state index >= 15 is 0 Å². The summed E-state index contributed by atoms with van der Waals surface area (Å²) in [6, 6.07) is 4.73. The molecule has 0 spiro atoms. The van der Waals surface area contributed by atoms with Gasteiger partial charge in [-0.15, -0.1) is 23.7 Å². The molecule has 1 amide bonds. The SMILES string of the molecule is CNC1CCN(CC(=O)N(C)Cc2cccs2)CC1.Cl. The number of hydrogen-bond acceptors (Lipinski definition) is 4. The van der Waals surface area contributed by atoms with E-state index in [1.165, 1.54) is 4.88 Å². The summed E-state index contributed by atoms with van der Waals surface area (Å²) >= 11 is 1.70. The zero-order chi connectivity index (χ0) is 13.7. The van der Waals surface area contributed by atoms with Crippen LogP contribution in [0, 0.1) is 0 Å². The molecule has 1 N–H and O–H groups in total. The number of carbonyl (C=O) groups excluding carboxylic acids is 1. The smallest absolute Gasteiger partial charge is 0.236 e. The van der Waals surface area contributed by atoms with Gasteiger partial charge in [0.05, 0.1) is 13.1 Å². The van der Waals surface area contributed by atoms with Gasteiger partial charge in [-0.2, -0.15) is 0 Å². The van der Waals surface area contributed by atoms with Crippen molar-refractivity contribution in [3.05, 3.63) is 22.4 Å². The Balaban J connectivity index is 0.00000200. The second kappa shape index (κ2) is 8.62. The molecule has 1 fully saturated rings. The topological polar surface area (TPSA) is 35.6 Å². The van der Waals surface area contributed by atoms with Crippen LogP contribution >= 0.6 is 23.7 Å². The molecule has 2 heterocycles. The molecule has 0 radical (unpaired) electrons. The van der Waals surface area contributed by atoms with Crippen LogP contribution in [0.1, 0.15) is 17.7 Å². The minimum Gasteiger partial charge on any atom is -0.340 e. The van der Waals surface area contributed by atoms with E-state index in [9.17, 15) is 4.79 Å². The van der Waals surface area contributed by atoms with E-state index in [-0.39, 0.29) is 18.3 Å². The molecular formula is C14H24ClN3OS. The van der Waals surface area contributed by atoms with Crippen molar-refractivity contribution >= 4 is 29.7 Å². The number of piperidine rings is 1. The number of likely N-dealkylation sites (tertiary alicyclic amines) is 1. The zero-order valence-corrected chi connectivity index (χ0v) is 13.8. The van der Waals surface area contributed by atoms with Gasteiger partial charge >= 0.3 is 0 Å². The predicted molar refractivity (Wildman–Crippen MR) is 86.6 cm³/mol. The average molecular weight is 318 g/mol. The van der Waals surface area contributed by atoms with Crippen LogP contribution in [-0.2, 0) is 11.3 Å². The van der Waals surface area contributed by atoms with Crippen LogP contribution in [0.2, 0.25) is 0 Å². The summed E-state index contributed by atoms with van der Waals surface area (Å²) in [6.07, 6.45) is 2.27. The van der Waals surface area contributed by atoms with E-state index in [0.717, 1.165) is 32.5 Å². The van der Waals surface area contributed by atoms with Gasteiger partial charge in [0.2, 0.25) is 5.91 Å². The molecular weight excluding hydrogens is 294 g/mol.